The summed E-state index contributed by atoms with van der Waals surface area (Å²) in [5.74, 6) is -2.11. The standard InChI is InChI=1S/C15H17F3N2O3/c1-2-9(21)7-8-12(13(19)22)20-14(23)10-5-3-4-6-11(10)15(16,17)18/h3-6,12H,2,7-8H2,1H3,(H2,19,22)(H,20,23)/t12-/m0/s1. The zero-order valence-corrected chi connectivity index (χ0v) is 12.4. The lowest BCUT2D eigenvalue weighted by Gasteiger charge is -2.17. The lowest BCUT2D eigenvalue weighted by Crippen LogP contribution is -2.45. The highest BCUT2D eigenvalue weighted by Crippen LogP contribution is 2.31. The predicted molar refractivity (Wildman–Crippen MR) is 76.4 cm³/mol. The Labute approximate surface area is 131 Å². The third kappa shape index (κ3) is 5.39. The number of nitrogens with two attached hydrogens (primary N) is 1. The second-order valence-electron chi connectivity index (χ2n) is 4.90. The summed E-state index contributed by atoms with van der Waals surface area (Å²) in [6.45, 7) is 1.64. The van der Waals surface area contributed by atoms with E-state index in [0.29, 0.717) is 0 Å². The van der Waals surface area contributed by atoms with Gasteiger partial charge in [0.05, 0.1) is 11.1 Å². The number of benzene rings is 1. The van der Waals surface area contributed by atoms with Gasteiger partial charge in [-0.2, -0.15) is 13.2 Å². The quantitative estimate of drug-likeness (QED) is 0.802. The Morgan fingerprint density at radius 2 is 1.83 bits per heavy atom. The summed E-state index contributed by atoms with van der Waals surface area (Å²) in [6.07, 6.45) is -4.49. The summed E-state index contributed by atoms with van der Waals surface area (Å²) in [5, 5.41) is 2.16. The van der Waals surface area contributed by atoms with E-state index in [9.17, 15) is 27.6 Å². The lowest BCUT2D eigenvalue weighted by atomic mass is 10.0. The topological polar surface area (TPSA) is 89.3 Å². The first-order valence-electron chi connectivity index (χ1n) is 6.95. The number of halogens is 3. The zero-order valence-electron chi connectivity index (χ0n) is 12.4. The summed E-state index contributed by atoms with van der Waals surface area (Å²) in [7, 11) is 0. The van der Waals surface area contributed by atoms with Gasteiger partial charge in [0.15, 0.2) is 0 Å². The molecule has 0 heterocycles. The highest BCUT2D eigenvalue weighted by Gasteiger charge is 2.35. The van der Waals surface area contributed by atoms with Crippen LogP contribution in [0.4, 0.5) is 13.2 Å². The fourth-order valence-corrected chi connectivity index (χ4v) is 1.93. The van der Waals surface area contributed by atoms with Gasteiger partial charge in [-0.15, -0.1) is 0 Å². The molecule has 0 unspecified atom stereocenters. The van der Waals surface area contributed by atoms with Gasteiger partial charge in [-0.05, 0) is 18.6 Å². The van der Waals surface area contributed by atoms with E-state index in [1.165, 1.54) is 6.07 Å². The number of alkyl halides is 3. The van der Waals surface area contributed by atoms with Gasteiger partial charge in [0, 0.05) is 12.8 Å². The van der Waals surface area contributed by atoms with E-state index < -0.39 is 35.2 Å². The van der Waals surface area contributed by atoms with Gasteiger partial charge in [-0.25, -0.2) is 0 Å². The number of carbonyl (C=O) groups is 3. The molecule has 5 nitrogen and oxygen atoms in total. The van der Waals surface area contributed by atoms with Crippen LogP contribution in [-0.4, -0.2) is 23.6 Å². The third-order valence-electron chi connectivity index (χ3n) is 3.23. The molecule has 0 aliphatic carbocycles. The van der Waals surface area contributed by atoms with Crippen molar-refractivity contribution in [2.75, 3.05) is 0 Å². The van der Waals surface area contributed by atoms with Crippen molar-refractivity contribution in [3.05, 3.63) is 35.4 Å². The van der Waals surface area contributed by atoms with Crippen molar-refractivity contribution >= 4 is 17.6 Å². The van der Waals surface area contributed by atoms with E-state index in [-0.39, 0.29) is 25.0 Å². The van der Waals surface area contributed by atoms with Crippen molar-refractivity contribution in [3.8, 4) is 0 Å². The maximum Gasteiger partial charge on any atom is 0.417 e. The van der Waals surface area contributed by atoms with Crippen LogP contribution in [-0.2, 0) is 15.8 Å². The number of hydrogen-bond acceptors (Lipinski definition) is 3. The summed E-state index contributed by atoms with van der Waals surface area (Å²) in [6, 6.07) is 3.01. The molecule has 1 rings (SSSR count). The van der Waals surface area contributed by atoms with E-state index >= 15 is 0 Å². The Bertz CT molecular complexity index is 600. The van der Waals surface area contributed by atoms with Crippen LogP contribution in [0.25, 0.3) is 0 Å². The van der Waals surface area contributed by atoms with Crippen LogP contribution in [0, 0.1) is 0 Å². The van der Waals surface area contributed by atoms with Crippen LogP contribution in [0.5, 0.6) is 0 Å². The van der Waals surface area contributed by atoms with E-state index in [2.05, 4.69) is 5.32 Å². The van der Waals surface area contributed by atoms with Crippen LogP contribution in [0.2, 0.25) is 0 Å². The smallest absolute Gasteiger partial charge is 0.368 e. The molecule has 0 spiro atoms. The number of carbonyl (C=O) groups excluding carboxylic acids is 3. The molecule has 0 saturated carbocycles. The lowest BCUT2D eigenvalue weighted by molar-refractivity contribution is -0.138. The second-order valence-corrected chi connectivity index (χ2v) is 4.90. The Morgan fingerprint density at radius 1 is 1.22 bits per heavy atom. The molecule has 1 aromatic carbocycles. The SMILES string of the molecule is CCC(=O)CC[C@H](NC(=O)c1ccccc1C(F)(F)F)C(N)=O. The normalized spacial score (nSPS) is 12.5. The number of rotatable bonds is 7. The average molecular weight is 330 g/mol. The highest BCUT2D eigenvalue weighted by atomic mass is 19.4. The minimum absolute atomic E-state index is 0.00526. The third-order valence-corrected chi connectivity index (χ3v) is 3.23. The van der Waals surface area contributed by atoms with Crippen LogP contribution in [0.3, 0.4) is 0 Å². The molecular weight excluding hydrogens is 313 g/mol. The molecule has 0 radical (unpaired) electrons. The van der Waals surface area contributed by atoms with Gasteiger partial charge in [0.25, 0.3) is 5.91 Å². The number of hydrogen-bond donors (Lipinski definition) is 2. The van der Waals surface area contributed by atoms with Crippen LogP contribution in [0.15, 0.2) is 24.3 Å². The van der Waals surface area contributed by atoms with Gasteiger partial charge in [-0.1, -0.05) is 19.1 Å². The fourth-order valence-electron chi connectivity index (χ4n) is 1.93. The highest BCUT2D eigenvalue weighted by molar-refractivity contribution is 5.98. The van der Waals surface area contributed by atoms with Gasteiger partial charge in [0.1, 0.15) is 11.8 Å². The van der Waals surface area contributed by atoms with Crippen molar-refractivity contribution in [1.29, 1.82) is 0 Å². The number of Topliss-reactive ketones (excluding diaryl/α,β-unsaturated/α-hetero) is 1. The number of ketones is 1. The summed E-state index contributed by atoms with van der Waals surface area (Å²) in [5.41, 5.74) is 3.42. The molecule has 3 N–H and O–H groups in total. The number of amides is 2. The van der Waals surface area contributed by atoms with E-state index in [0.717, 1.165) is 18.2 Å². The molecule has 126 valence electrons. The Balaban J connectivity index is 2.92. The zero-order chi connectivity index (χ0) is 17.6. The van der Waals surface area contributed by atoms with E-state index in [4.69, 9.17) is 5.73 Å². The molecule has 0 saturated heterocycles. The molecule has 0 bridgehead atoms. The van der Waals surface area contributed by atoms with Crippen molar-refractivity contribution in [2.45, 2.75) is 38.4 Å². The van der Waals surface area contributed by atoms with E-state index in [1.807, 2.05) is 0 Å². The average Bonchev–Trinajstić information content (AvgIpc) is 2.49. The number of primary amides is 1. The van der Waals surface area contributed by atoms with Crippen molar-refractivity contribution in [1.82, 2.24) is 5.32 Å². The molecule has 0 aliphatic heterocycles. The van der Waals surface area contributed by atoms with Crippen molar-refractivity contribution < 1.29 is 27.6 Å². The molecule has 0 fully saturated rings. The first-order chi connectivity index (χ1) is 10.7. The molecule has 8 heteroatoms. The molecule has 1 atom stereocenters. The predicted octanol–water partition coefficient (Wildman–Crippen LogP) is 2.05. The monoisotopic (exact) mass is 330 g/mol. The van der Waals surface area contributed by atoms with Crippen molar-refractivity contribution in [3.63, 3.8) is 0 Å². The Kier molecular flexibility index (Phi) is 6.29. The Hall–Kier alpha value is -2.38. The van der Waals surface area contributed by atoms with Gasteiger partial charge >= 0.3 is 6.18 Å². The molecule has 1 aromatic rings. The van der Waals surface area contributed by atoms with Crippen LogP contribution < -0.4 is 11.1 Å². The van der Waals surface area contributed by atoms with Gasteiger partial charge < -0.3 is 11.1 Å². The Morgan fingerprint density at radius 3 is 2.35 bits per heavy atom. The van der Waals surface area contributed by atoms with Gasteiger partial charge in [-0.3, -0.25) is 14.4 Å². The first kappa shape index (κ1) is 18.7. The fraction of sp³-hybridized carbons (Fsp3) is 0.400. The molecule has 0 aromatic heterocycles. The van der Waals surface area contributed by atoms with Crippen LogP contribution in [0.1, 0.15) is 42.1 Å². The summed E-state index contributed by atoms with van der Waals surface area (Å²) < 4.78 is 38.7. The first-order valence-corrected chi connectivity index (χ1v) is 6.95. The molecule has 23 heavy (non-hydrogen) atoms. The minimum atomic E-state index is -4.70. The summed E-state index contributed by atoms with van der Waals surface area (Å²) in [4.78, 5) is 34.6. The molecule has 0 aliphatic rings. The minimum Gasteiger partial charge on any atom is -0.368 e. The summed E-state index contributed by atoms with van der Waals surface area (Å²) >= 11 is 0. The largest absolute Gasteiger partial charge is 0.417 e. The second kappa shape index (κ2) is 7.75. The van der Waals surface area contributed by atoms with Gasteiger partial charge in [0.2, 0.25) is 5.91 Å². The molecule has 2 amide bonds. The maximum atomic E-state index is 12.9. The van der Waals surface area contributed by atoms with Crippen molar-refractivity contribution in [2.24, 2.45) is 5.73 Å². The van der Waals surface area contributed by atoms with Crippen LogP contribution >= 0.6 is 0 Å². The molecular formula is C15H17F3N2O3. The number of nitrogens with one attached hydrogen (secondary N) is 1. The maximum absolute atomic E-state index is 12.9. The van der Waals surface area contributed by atoms with E-state index in [1.54, 1.807) is 6.92 Å².